The molecular weight excluding hydrogens is 164 g/mol. The molecule has 4 atom stereocenters. The van der Waals surface area contributed by atoms with Gasteiger partial charge in [-0.15, -0.1) is 0 Å². The third kappa shape index (κ3) is 1.65. The van der Waals surface area contributed by atoms with E-state index in [9.17, 15) is 5.11 Å². The summed E-state index contributed by atoms with van der Waals surface area (Å²) in [4.78, 5) is 0. The van der Waals surface area contributed by atoms with E-state index in [-0.39, 0.29) is 0 Å². The van der Waals surface area contributed by atoms with Gasteiger partial charge in [0.2, 0.25) is 0 Å². The predicted molar refractivity (Wildman–Crippen MR) is 51.1 cm³/mol. The quantitative estimate of drug-likeness (QED) is 0.580. The van der Waals surface area contributed by atoms with E-state index in [1.807, 2.05) is 0 Å². The lowest BCUT2D eigenvalue weighted by atomic mass is 9.73. The Morgan fingerprint density at radius 2 is 2.31 bits per heavy atom. The molecule has 2 heteroatoms. The number of hydrogen-bond donors (Lipinski definition) is 1. The van der Waals surface area contributed by atoms with E-state index in [2.05, 4.69) is 19.9 Å². The van der Waals surface area contributed by atoms with Gasteiger partial charge >= 0.3 is 0 Å². The molecule has 13 heavy (non-hydrogen) atoms. The second-order valence-corrected chi connectivity index (χ2v) is 4.43. The molecule has 4 unspecified atom stereocenters. The van der Waals surface area contributed by atoms with Crippen LogP contribution >= 0.6 is 0 Å². The number of rotatable bonds is 0. The molecule has 0 aromatic rings. The molecule has 0 aromatic heterocycles. The second-order valence-electron chi connectivity index (χ2n) is 4.43. The van der Waals surface area contributed by atoms with Gasteiger partial charge in [0.15, 0.2) is 6.29 Å². The van der Waals surface area contributed by atoms with Crippen LogP contribution in [0.4, 0.5) is 0 Å². The Labute approximate surface area is 79.6 Å². The van der Waals surface area contributed by atoms with Crippen molar-refractivity contribution in [2.75, 3.05) is 6.61 Å². The molecule has 0 saturated carbocycles. The number of fused-ring (bicyclic) bond motifs is 1. The zero-order valence-electron chi connectivity index (χ0n) is 8.36. The van der Waals surface area contributed by atoms with E-state index in [1.165, 1.54) is 5.57 Å². The molecule has 1 aliphatic heterocycles. The summed E-state index contributed by atoms with van der Waals surface area (Å²) < 4.78 is 5.26. The van der Waals surface area contributed by atoms with Crippen LogP contribution in [-0.2, 0) is 4.74 Å². The van der Waals surface area contributed by atoms with Crippen molar-refractivity contribution in [2.45, 2.75) is 33.0 Å². The van der Waals surface area contributed by atoms with Crippen LogP contribution < -0.4 is 0 Å². The molecule has 2 aliphatic rings. The van der Waals surface area contributed by atoms with Crippen molar-refractivity contribution in [1.29, 1.82) is 0 Å². The number of ether oxygens (including phenoxy) is 1. The van der Waals surface area contributed by atoms with Gasteiger partial charge in [0, 0.05) is 5.92 Å². The van der Waals surface area contributed by atoms with Gasteiger partial charge in [-0.3, -0.25) is 0 Å². The van der Waals surface area contributed by atoms with Gasteiger partial charge in [-0.1, -0.05) is 18.6 Å². The Morgan fingerprint density at radius 1 is 1.54 bits per heavy atom. The van der Waals surface area contributed by atoms with Crippen molar-refractivity contribution >= 4 is 0 Å². The van der Waals surface area contributed by atoms with Crippen LogP contribution in [0.15, 0.2) is 11.6 Å². The first-order chi connectivity index (χ1) is 6.18. The number of aliphatic hydroxyl groups is 1. The normalized spacial score (nSPS) is 45.3. The zero-order valence-corrected chi connectivity index (χ0v) is 8.36. The van der Waals surface area contributed by atoms with Crippen LogP contribution in [-0.4, -0.2) is 18.0 Å². The average molecular weight is 182 g/mol. The van der Waals surface area contributed by atoms with Crippen molar-refractivity contribution < 1.29 is 9.84 Å². The summed E-state index contributed by atoms with van der Waals surface area (Å²) in [5, 5.41) is 9.66. The summed E-state index contributed by atoms with van der Waals surface area (Å²) in [5.74, 6) is 1.50. The topological polar surface area (TPSA) is 29.5 Å². The highest BCUT2D eigenvalue weighted by Gasteiger charge is 2.35. The Hall–Kier alpha value is -0.340. The first-order valence-corrected chi connectivity index (χ1v) is 5.16. The third-order valence-corrected chi connectivity index (χ3v) is 3.54. The molecule has 2 nitrogen and oxygen atoms in total. The zero-order chi connectivity index (χ0) is 9.42. The summed E-state index contributed by atoms with van der Waals surface area (Å²) in [6, 6.07) is 0. The minimum absolute atomic E-state index is 0.340. The fraction of sp³-hybridized carbons (Fsp3) is 0.818. The van der Waals surface area contributed by atoms with Gasteiger partial charge in [0.05, 0.1) is 6.61 Å². The van der Waals surface area contributed by atoms with Gasteiger partial charge in [-0.25, -0.2) is 0 Å². The molecule has 74 valence electrons. The summed E-state index contributed by atoms with van der Waals surface area (Å²) in [7, 11) is 0. The molecule has 0 radical (unpaired) electrons. The van der Waals surface area contributed by atoms with E-state index < -0.39 is 6.29 Å². The summed E-state index contributed by atoms with van der Waals surface area (Å²) in [5.41, 5.74) is 1.48. The highest BCUT2D eigenvalue weighted by Crippen LogP contribution is 2.39. The van der Waals surface area contributed by atoms with Crippen LogP contribution in [0.3, 0.4) is 0 Å². The fourth-order valence-electron chi connectivity index (χ4n) is 2.47. The molecule has 1 saturated heterocycles. The Kier molecular flexibility index (Phi) is 2.43. The third-order valence-electron chi connectivity index (χ3n) is 3.54. The van der Waals surface area contributed by atoms with Gasteiger partial charge in [0.25, 0.3) is 0 Å². The van der Waals surface area contributed by atoms with Crippen molar-refractivity contribution in [3.8, 4) is 0 Å². The summed E-state index contributed by atoms with van der Waals surface area (Å²) >= 11 is 0. The lowest BCUT2D eigenvalue weighted by Crippen LogP contribution is -2.38. The maximum Gasteiger partial charge on any atom is 0.157 e. The van der Waals surface area contributed by atoms with Crippen molar-refractivity contribution in [3.63, 3.8) is 0 Å². The van der Waals surface area contributed by atoms with E-state index in [0.29, 0.717) is 24.4 Å². The number of hydrogen-bond acceptors (Lipinski definition) is 2. The van der Waals surface area contributed by atoms with Crippen LogP contribution in [0, 0.1) is 17.8 Å². The average Bonchev–Trinajstić information content (AvgIpc) is 2.09. The lowest BCUT2D eigenvalue weighted by Gasteiger charge is -2.39. The predicted octanol–water partition coefficient (Wildman–Crippen LogP) is 1.94. The van der Waals surface area contributed by atoms with Crippen molar-refractivity contribution in [3.05, 3.63) is 11.6 Å². The highest BCUT2D eigenvalue weighted by molar-refractivity contribution is 5.11. The Bertz CT molecular complexity index is 222. The molecule has 1 heterocycles. The number of aliphatic hydroxyl groups excluding tert-OH is 1. The number of allylic oxidation sites excluding steroid dienone is 2. The Balaban J connectivity index is 2.16. The largest absolute Gasteiger partial charge is 0.368 e. The molecule has 1 fully saturated rings. The van der Waals surface area contributed by atoms with Crippen LogP contribution in [0.2, 0.25) is 0 Å². The van der Waals surface area contributed by atoms with E-state index in [1.54, 1.807) is 0 Å². The van der Waals surface area contributed by atoms with Crippen molar-refractivity contribution in [1.82, 2.24) is 0 Å². The summed E-state index contributed by atoms with van der Waals surface area (Å²) in [6.07, 6.45) is 3.97. The molecule has 0 amide bonds. The van der Waals surface area contributed by atoms with Crippen molar-refractivity contribution in [2.24, 2.45) is 17.8 Å². The van der Waals surface area contributed by atoms with Gasteiger partial charge in [-0.05, 0) is 31.6 Å². The van der Waals surface area contributed by atoms with E-state index in [4.69, 9.17) is 4.74 Å². The van der Waals surface area contributed by atoms with E-state index >= 15 is 0 Å². The fourth-order valence-corrected chi connectivity index (χ4v) is 2.47. The first-order valence-electron chi connectivity index (χ1n) is 5.16. The maximum atomic E-state index is 9.66. The molecule has 1 N–H and O–H groups in total. The van der Waals surface area contributed by atoms with Gasteiger partial charge < -0.3 is 9.84 Å². The standard InChI is InChI=1S/C11H18O2/c1-7-5-9-3-4-13-11(12)10(9)6-8(7)2/h5,8-12H,3-4,6H2,1-2H3. The van der Waals surface area contributed by atoms with E-state index in [0.717, 1.165) is 12.8 Å². The SMILES string of the molecule is CC1=CC2CCOC(O)C2CC1C. The molecule has 0 bridgehead atoms. The second kappa shape index (κ2) is 3.43. The Morgan fingerprint density at radius 3 is 3.08 bits per heavy atom. The monoisotopic (exact) mass is 182 g/mol. The smallest absolute Gasteiger partial charge is 0.157 e. The minimum atomic E-state index is -0.523. The molecular formula is C11H18O2. The first kappa shape index (κ1) is 9.22. The van der Waals surface area contributed by atoms with Crippen LogP contribution in [0.1, 0.15) is 26.7 Å². The lowest BCUT2D eigenvalue weighted by molar-refractivity contribution is -0.176. The minimum Gasteiger partial charge on any atom is -0.368 e. The van der Waals surface area contributed by atoms with Crippen LogP contribution in [0.5, 0.6) is 0 Å². The molecule has 0 spiro atoms. The van der Waals surface area contributed by atoms with Crippen LogP contribution in [0.25, 0.3) is 0 Å². The molecule has 0 aromatic carbocycles. The maximum absolute atomic E-state index is 9.66. The van der Waals surface area contributed by atoms with Gasteiger partial charge in [-0.2, -0.15) is 0 Å². The molecule has 2 rings (SSSR count). The molecule has 1 aliphatic carbocycles. The van der Waals surface area contributed by atoms with Gasteiger partial charge in [0.1, 0.15) is 0 Å². The highest BCUT2D eigenvalue weighted by atomic mass is 16.6. The summed E-state index contributed by atoms with van der Waals surface area (Å²) in [6.45, 7) is 5.13.